The Morgan fingerprint density at radius 2 is 0.811 bits per heavy atom. The van der Waals surface area contributed by atoms with Crippen molar-refractivity contribution in [3.05, 3.63) is 269 Å². The van der Waals surface area contributed by atoms with Gasteiger partial charge >= 0.3 is 0 Å². The first-order chi connectivity index (χ1) is 35.9. The molecule has 0 radical (unpaired) electrons. The number of hydrogen-bond donors (Lipinski definition) is 0. The van der Waals surface area contributed by atoms with Crippen LogP contribution in [0.3, 0.4) is 0 Å². The zero-order valence-electron chi connectivity index (χ0n) is 44.0. The maximum atomic E-state index is 2.46. The number of benzene rings is 11. The number of aryl methyl sites for hydroxylation is 1. The first kappa shape index (κ1) is 47.0. The Balaban J connectivity index is 1.13. The van der Waals surface area contributed by atoms with Crippen molar-refractivity contribution in [1.29, 1.82) is 0 Å². The van der Waals surface area contributed by atoms with Crippen LogP contribution in [-0.4, -0.2) is 8.07 Å². The Bertz CT molecular complexity index is 3810. The summed E-state index contributed by atoms with van der Waals surface area (Å²) in [5.41, 5.74) is 17.8. The van der Waals surface area contributed by atoms with Gasteiger partial charge in [-0.1, -0.05) is 216 Å². The van der Waals surface area contributed by atoms with Crippen LogP contribution in [0, 0.1) is 6.92 Å². The third-order valence-corrected chi connectivity index (χ3v) is 17.9. The molecule has 0 spiro atoms. The van der Waals surface area contributed by atoms with Gasteiger partial charge in [-0.05, 0) is 168 Å². The lowest BCUT2D eigenvalue weighted by atomic mass is 9.65. The Morgan fingerprint density at radius 3 is 1.32 bits per heavy atom. The van der Waals surface area contributed by atoms with Crippen LogP contribution in [0.2, 0.25) is 19.6 Å². The minimum atomic E-state index is -1.51. The molecule has 362 valence electrons. The molecule has 0 fully saturated rings. The largest absolute Gasteiger partial charge is 0.310 e. The first-order valence-electron chi connectivity index (χ1n) is 26.5. The highest BCUT2D eigenvalue weighted by Gasteiger charge is 2.49. The van der Waals surface area contributed by atoms with Crippen molar-refractivity contribution in [1.82, 2.24) is 0 Å². The van der Waals surface area contributed by atoms with Gasteiger partial charge in [0.1, 0.15) is 0 Å². The van der Waals surface area contributed by atoms with Gasteiger partial charge in [0.15, 0.2) is 0 Å². The van der Waals surface area contributed by atoms with E-state index in [2.05, 4.69) is 295 Å². The van der Waals surface area contributed by atoms with E-state index in [4.69, 9.17) is 0 Å². The molecular formula is C71H64N2Si. The maximum absolute atomic E-state index is 2.46. The highest BCUT2D eigenvalue weighted by Crippen LogP contribution is 2.62. The van der Waals surface area contributed by atoms with Gasteiger partial charge in [0.05, 0.1) is 13.5 Å². The summed E-state index contributed by atoms with van der Waals surface area (Å²) in [5, 5.41) is 8.93. The van der Waals surface area contributed by atoms with E-state index in [1.54, 1.807) is 0 Å². The zero-order chi connectivity index (χ0) is 50.9. The van der Waals surface area contributed by atoms with Crippen molar-refractivity contribution in [3.63, 3.8) is 0 Å². The molecule has 0 saturated carbocycles. The van der Waals surface area contributed by atoms with Crippen LogP contribution in [0.15, 0.2) is 231 Å². The fourth-order valence-electron chi connectivity index (χ4n) is 12.0. The standard InChI is InChI=1S/C71H64N2Si/c1-47(2)50-25-32-56(33-26-50)72(58-36-40-61(41-37-58)74(6,7)8)59-38-43-62-52(45-59)29-42-66-68-64-22-16-15-21-63(64)67-46-60(73(55-30-23-49(5)24-31-55)57-34-27-51(28-35-57)48(3)4)39-44-65(67)70(68)71(69(62)66,53-17-11-9-12-18-53)54-19-13-10-14-20-54/h9-48H,1-8H3. The lowest BCUT2D eigenvalue weighted by Crippen LogP contribution is -2.37. The van der Waals surface area contributed by atoms with E-state index >= 15 is 0 Å². The summed E-state index contributed by atoms with van der Waals surface area (Å²) in [6.07, 6.45) is 0. The average Bonchev–Trinajstić information content (AvgIpc) is 3.79. The molecule has 0 amide bonds. The molecule has 11 aromatic rings. The van der Waals surface area contributed by atoms with Gasteiger partial charge < -0.3 is 9.80 Å². The average molecular weight is 973 g/mol. The Labute approximate surface area is 439 Å². The highest BCUT2D eigenvalue weighted by atomic mass is 28.3. The lowest BCUT2D eigenvalue weighted by Gasteiger charge is -2.36. The summed E-state index contributed by atoms with van der Waals surface area (Å²) in [6.45, 7) is 18.5. The lowest BCUT2D eigenvalue weighted by molar-refractivity contribution is 0.783. The minimum Gasteiger partial charge on any atom is -0.310 e. The van der Waals surface area contributed by atoms with Crippen LogP contribution in [0.25, 0.3) is 43.4 Å². The molecule has 0 aromatic heterocycles. The van der Waals surface area contributed by atoms with Gasteiger partial charge in [-0.2, -0.15) is 0 Å². The number of anilines is 6. The van der Waals surface area contributed by atoms with E-state index in [0.29, 0.717) is 11.8 Å². The summed E-state index contributed by atoms with van der Waals surface area (Å²) in [6, 6.07) is 87.8. The van der Waals surface area contributed by atoms with Crippen molar-refractivity contribution < 1.29 is 0 Å². The number of fused-ring (bicyclic) bond motifs is 10. The second-order valence-corrected chi connectivity index (χ2v) is 27.3. The molecule has 1 aliphatic carbocycles. The number of hydrogen-bond acceptors (Lipinski definition) is 2. The van der Waals surface area contributed by atoms with Crippen molar-refractivity contribution in [2.24, 2.45) is 0 Å². The van der Waals surface area contributed by atoms with Crippen LogP contribution in [-0.2, 0) is 5.41 Å². The summed E-state index contributed by atoms with van der Waals surface area (Å²) in [7, 11) is -1.51. The van der Waals surface area contributed by atoms with Gasteiger partial charge in [0.25, 0.3) is 0 Å². The molecule has 0 aliphatic heterocycles. The van der Waals surface area contributed by atoms with E-state index in [1.165, 1.54) is 87.6 Å². The molecule has 0 atom stereocenters. The molecule has 0 unspecified atom stereocenters. The predicted octanol–water partition coefficient (Wildman–Crippen LogP) is 19.5. The van der Waals surface area contributed by atoms with Gasteiger partial charge in [0.2, 0.25) is 0 Å². The van der Waals surface area contributed by atoms with Gasteiger partial charge in [-0.25, -0.2) is 0 Å². The predicted molar refractivity (Wildman–Crippen MR) is 322 cm³/mol. The second-order valence-electron chi connectivity index (χ2n) is 22.2. The Morgan fingerprint density at radius 1 is 0.365 bits per heavy atom. The van der Waals surface area contributed by atoms with Crippen molar-refractivity contribution in [2.45, 2.75) is 71.5 Å². The molecule has 0 N–H and O–H groups in total. The highest BCUT2D eigenvalue weighted by molar-refractivity contribution is 6.88. The van der Waals surface area contributed by atoms with Gasteiger partial charge in [0, 0.05) is 34.1 Å². The van der Waals surface area contributed by atoms with Crippen LogP contribution >= 0.6 is 0 Å². The Hall–Kier alpha value is -7.98. The maximum Gasteiger partial charge on any atom is 0.0775 e. The van der Waals surface area contributed by atoms with Gasteiger partial charge in [-0.15, -0.1) is 0 Å². The molecule has 74 heavy (non-hydrogen) atoms. The van der Waals surface area contributed by atoms with E-state index in [0.717, 1.165) is 34.1 Å². The zero-order valence-corrected chi connectivity index (χ0v) is 45.0. The molecule has 0 bridgehead atoms. The molecular weight excluding hydrogens is 909 g/mol. The van der Waals surface area contributed by atoms with E-state index in [-0.39, 0.29) is 0 Å². The SMILES string of the molecule is Cc1ccc(N(c2ccc(C(C)C)cc2)c2ccc3c4c(c5ccccc5c3c2)-c2ccc3cc(N(c5ccc(C(C)C)cc5)c5ccc([Si](C)(C)C)cc5)ccc3c2C4(c2ccccc2)c2ccccc2)cc1. The summed E-state index contributed by atoms with van der Waals surface area (Å²) >= 11 is 0. The van der Waals surface area contributed by atoms with Gasteiger partial charge in [-0.3, -0.25) is 0 Å². The van der Waals surface area contributed by atoms with Crippen LogP contribution < -0.4 is 15.0 Å². The molecule has 3 heteroatoms. The topological polar surface area (TPSA) is 6.48 Å². The summed E-state index contributed by atoms with van der Waals surface area (Å²) < 4.78 is 0. The summed E-state index contributed by atoms with van der Waals surface area (Å²) in [5.74, 6) is 0.899. The minimum absolute atomic E-state index is 0.448. The molecule has 0 heterocycles. The van der Waals surface area contributed by atoms with Crippen molar-refractivity contribution in [3.8, 4) is 11.1 Å². The normalized spacial score (nSPS) is 12.9. The molecule has 2 nitrogen and oxygen atoms in total. The molecule has 12 rings (SSSR count). The Kier molecular flexibility index (Phi) is 11.8. The molecule has 1 aliphatic rings. The molecule has 0 saturated heterocycles. The number of rotatable bonds is 11. The fourth-order valence-corrected chi connectivity index (χ4v) is 13.2. The smallest absolute Gasteiger partial charge is 0.0775 e. The first-order valence-corrected chi connectivity index (χ1v) is 30.0. The number of nitrogens with zero attached hydrogens (tertiary/aromatic N) is 2. The van der Waals surface area contributed by atoms with E-state index in [1.807, 2.05) is 0 Å². The monoisotopic (exact) mass is 972 g/mol. The quantitative estimate of drug-likeness (QED) is 0.0941. The van der Waals surface area contributed by atoms with Crippen LogP contribution in [0.4, 0.5) is 34.1 Å². The third-order valence-electron chi connectivity index (χ3n) is 15.9. The fraction of sp³-hybridized carbons (Fsp3) is 0.155. The van der Waals surface area contributed by atoms with Crippen LogP contribution in [0.5, 0.6) is 0 Å². The van der Waals surface area contributed by atoms with Crippen molar-refractivity contribution >= 4 is 79.7 Å². The van der Waals surface area contributed by atoms with E-state index < -0.39 is 13.5 Å². The third kappa shape index (κ3) is 7.84. The second kappa shape index (κ2) is 18.5. The van der Waals surface area contributed by atoms with Crippen molar-refractivity contribution in [2.75, 3.05) is 9.80 Å². The van der Waals surface area contributed by atoms with Crippen LogP contribution in [0.1, 0.15) is 78.5 Å². The summed E-state index contributed by atoms with van der Waals surface area (Å²) in [4.78, 5) is 4.87. The molecule has 11 aromatic carbocycles. The van der Waals surface area contributed by atoms with E-state index in [9.17, 15) is 0 Å².